The smallest absolute Gasteiger partial charge is 0.253 e. The van der Waals surface area contributed by atoms with E-state index in [4.69, 9.17) is 58.0 Å². The lowest BCUT2D eigenvalue weighted by atomic mass is 9.91. The number of Topliss-reactive ketones (excluding diaryl/α,β-unsaturated/α-hetero) is 1. The molecule has 2 amide bonds. The van der Waals surface area contributed by atoms with Crippen LogP contribution in [0.25, 0.3) is 0 Å². The lowest BCUT2D eigenvalue weighted by Gasteiger charge is -2.25. The lowest BCUT2D eigenvalue weighted by Crippen LogP contribution is -2.44. The fourth-order valence-electron chi connectivity index (χ4n) is 3.67. The zero-order valence-corrected chi connectivity index (χ0v) is 19.5. The number of anilines is 1. The second kappa shape index (κ2) is 8.45. The zero-order valence-electron chi connectivity index (χ0n) is 15.7. The summed E-state index contributed by atoms with van der Waals surface area (Å²) in [6.07, 6.45) is 0.619. The van der Waals surface area contributed by atoms with Gasteiger partial charge in [0.05, 0.1) is 16.5 Å². The Labute approximate surface area is 203 Å². The highest BCUT2D eigenvalue weighted by molar-refractivity contribution is 6.53. The number of amides is 2. The molecule has 162 valence electrons. The van der Waals surface area contributed by atoms with Crippen molar-refractivity contribution in [3.8, 4) is 0 Å². The van der Waals surface area contributed by atoms with E-state index in [1.165, 1.54) is 12.1 Å². The first-order valence-corrected chi connectivity index (χ1v) is 11.2. The molecule has 0 aliphatic heterocycles. The SMILES string of the molecule is O=C1CC(NC(=O)c2cc(NC(=O)C3C(c4cc(Cl)cc(Cl)c4)C3(Cl)Cl)ccc2Cl)C1. The third-order valence-electron chi connectivity index (χ3n) is 5.34. The van der Waals surface area contributed by atoms with Crippen LogP contribution in [0.2, 0.25) is 15.1 Å². The molecule has 0 aromatic heterocycles. The van der Waals surface area contributed by atoms with Crippen molar-refractivity contribution < 1.29 is 14.4 Å². The van der Waals surface area contributed by atoms with Gasteiger partial charge in [0.15, 0.2) is 0 Å². The van der Waals surface area contributed by atoms with Crippen LogP contribution in [0, 0.1) is 5.92 Å². The van der Waals surface area contributed by atoms with Crippen molar-refractivity contribution in [3.05, 3.63) is 62.6 Å². The Kier molecular flexibility index (Phi) is 6.18. The minimum atomic E-state index is -1.32. The van der Waals surface area contributed by atoms with E-state index in [1.54, 1.807) is 24.3 Å². The molecule has 2 aromatic rings. The first-order valence-electron chi connectivity index (χ1n) is 9.33. The van der Waals surface area contributed by atoms with Gasteiger partial charge in [0.1, 0.15) is 10.1 Å². The molecule has 2 aliphatic carbocycles. The topological polar surface area (TPSA) is 75.3 Å². The average Bonchev–Trinajstić information content (AvgIpc) is 3.23. The number of hydrogen-bond donors (Lipinski definition) is 2. The van der Waals surface area contributed by atoms with Gasteiger partial charge in [-0.3, -0.25) is 14.4 Å². The predicted molar refractivity (Wildman–Crippen MR) is 123 cm³/mol. The van der Waals surface area contributed by atoms with Gasteiger partial charge in [0.2, 0.25) is 5.91 Å². The zero-order chi connectivity index (χ0) is 22.5. The second-order valence-corrected chi connectivity index (χ2v) is 10.4. The molecule has 0 radical (unpaired) electrons. The van der Waals surface area contributed by atoms with E-state index in [1.807, 2.05) is 0 Å². The summed E-state index contributed by atoms with van der Waals surface area (Å²) in [4.78, 5) is 36.4. The van der Waals surface area contributed by atoms with Gasteiger partial charge in [0.25, 0.3) is 5.91 Å². The molecule has 2 unspecified atom stereocenters. The largest absolute Gasteiger partial charge is 0.348 e. The van der Waals surface area contributed by atoms with Gasteiger partial charge in [-0.25, -0.2) is 0 Å². The van der Waals surface area contributed by atoms with Crippen LogP contribution in [0.1, 0.15) is 34.7 Å². The fourth-order valence-corrected chi connectivity index (χ4v) is 5.25. The Balaban J connectivity index is 1.48. The van der Waals surface area contributed by atoms with Gasteiger partial charge in [-0.05, 0) is 42.0 Å². The third kappa shape index (κ3) is 4.67. The van der Waals surface area contributed by atoms with Crippen LogP contribution in [0.4, 0.5) is 5.69 Å². The van der Waals surface area contributed by atoms with Crippen molar-refractivity contribution in [2.75, 3.05) is 5.32 Å². The van der Waals surface area contributed by atoms with E-state index in [0.717, 1.165) is 0 Å². The van der Waals surface area contributed by atoms with E-state index >= 15 is 0 Å². The van der Waals surface area contributed by atoms with E-state index in [-0.39, 0.29) is 22.4 Å². The molecular formula is C21H15Cl5N2O3. The van der Waals surface area contributed by atoms with Gasteiger partial charge in [-0.2, -0.15) is 0 Å². The number of rotatable bonds is 5. The van der Waals surface area contributed by atoms with E-state index in [0.29, 0.717) is 34.1 Å². The number of carbonyl (C=O) groups is 3. The Morgan fingerprint density at radius 1 is 0.968 bits per heavy atom. The monoisotopic (exact) mass is 518 g/mol. The molecule has 5 nitrogen and oxygen atoms in total. The molecule has 2 N–H and O–H groups in total. The molecular weight excluding hydrogens is 506 g/mol. The molecule has 0 saturated heterocycles. The molecule has 2 fully saturated rings. The molecule has 0 spiro atoms. The van der Waals surface area contributed by atoms with Crippen molar-refractivity contribution in [1.29, 1.82) is 0 Å². The molecule has 4 rings (SSSR count). The van der Waals surface area contributed by atoms with Gasteiger partial charge in [0, 0.05) is 40.5 Å². The van der Waals surface area contributed by atoms with Crippen LogP contribution in [-0.2, 0) is 9.59 Å². The molecule has 2 aliphatic rings. The number of benzene rings is 2. The van der Waals surface area contributed by atoms with Crippen LogP contribution < -0.4 is 10.6 Å². The van der Waals surface area contributed by atoms with Crippen molar-refractivity contribution in [3.63, 3.8) is 0 Å². The minimum absolute atomic E-state index is 0.100. The Bertz CT molecular complexity index is 1080. The van der Waals surface area contributed by atoms with Crippen molar-refractivity contribution in [2.24, 2.45) is 5.92 Å². The highest BCUT2D eigenvalue weighted by Gasteiger charge is 2.67. The third-order valence-corrected chi connectivity index (χ3v) is 7.05. The quantitative estimate of drug-likeness (QED) is 0.502. The molecule has 0 bridgehead atoms. The minimum Gasteiger partial charge on any atom is -0.348 e. The van der Waals surface area contributed by atoms with E-state index in [2.05, 4.69) is 10.6 Å². The lowest BCUT2D eigenvalue weighted by molar-refractivity contribution is -0.125. The molecule has 31 heavy (non-hydrogen) atoms. The number of nitrogens with one attached hydrogen (secondary N) is 2. The van der Waals surface area contributed by atoms with E-state index < -0.39 is 28.0 Å². The summed E-state index contributed by atoms with van der Waals surface area (Å²) in [6.45, 7) is 0. The van der Waals surface area contributed by atoms with Crippen LogP contribution in [-0.4, -0.2) is 28.0 Å². The second-order valence-electron chi connectivity index (χ2n) is 7.63. The standard InChI is InChI=1S/C21H15Cl5N2O3/c22-10-3-9(4-11(23)5-10)17-18(21(17,25)26)20(31)27-12-1-2-16(24)15(8-12)19(30)28-13-6-14(29)7-13/h1-5,8,13,17-18H,6-7H2,(H,27,31)(H,28,30). The van der Waals surface area contributed by atoms with Gasteiger partial charge in [-0.15, -0.1) is 23.2 Å². The molecule has 0 heterocycles. The normalized spacial score (nSPS) is 21.9. The van der Waals surface area contributed by atoms with Crippen LogP contribution >= 0.6 is 58.0 Å². The van der Waals surface area contributed by atoms with Crippen LogP contribution in [0.5, 0.6) is 0 Å². The number of halogens is 5. The number of carbonyl (C=O) groups excluding carboxylic acids is 3. The van der Waals surface area contributed by atoms with E-state index in [9.17, 15) is 14.4 Å². The maximum absolute atomic E-state index is 12.9. The highest BCUT2D eigenvalue weighted by Crippen LogP contribution is 2.65. The van der Waals surface area contributed by atoms with Crippen molar-refractivity contribution in [1.82, 2.24) is 5.32 Å². The van der Waals surface area contributed by atoms with Gasteiger partial charge < -0.3 is 10.6 Å². The number of alkyl halides is 2. The average molecular weight is 521 g/mol. The summed E-state index contributed by atoms with van der Waals surface area (Å²) < 4.78 is -1.32. The van der Waals surface area contributed by atoms with Gasteiger partial charge in [-0.1, -0.05) is 34.8 Å². The highest BCUT2D eigenvalue weighted by atomic mass is 35.5. The summed E-state index contributed by atoms with van der Waals surface area (Å²) >= 11 is 31.0. The molecule has 2 saturated carbocycles. The molecule has 2 atom stereocenters. The van der Waals surface area contributed by atoms with Crippen LogP contribution in [0.15, 0.2) is 36.4 Å². The number of hydrogen-bond acceptors (Lipinski definition) is 3. The summed E-state index contributed by atoms with van der Waals surface area (Å²) in [5, 5.41) is 6.54. The fraction of sp³-hybridized carbons (Fsp3) is 0.286. The molecule has 2 aromatic carbocycles. The first kappa shape index (κ1) is 22.7. The summed E-state index contributed by atoms with van der Waals surface area (Å²) in [5.74, 6) is -1.95. The Hall–Kier alpha value is -1.50. The van der Waals surface area contributed by atoms with Crippen molar-refractivity contribution >= 4 is 81.3 Å². The Morgan fingerprint density at radius 2 is 1.61 bits per heavy atom. The summed E-state index contributed by atoms with van der Waals surface area (Å²) in [7, 11) is 0. The van der Waals surface area contributed by atoms with Crippen LogP contribution in [0.3, 0.4) is 0 Å². The Morgan fingerprint density at radius 3 is 2.23 bits per heavy atom. The first-order chi connectivity index (χ1) is 14.6. The van der Waals surface area contributed by atoms with Crippen molar-refractivity contribution in [2.45, 2.75) is 29.1 Å². The van der Waals surface area contributed by atoms with Gasteiger partial charge >= 0.3 is 0 Å². The molecule has 10 heteroatoms. The maximum atomic E-state index is 12.9. The summed E-state index contributed by atoms with van der Waals surface area (Å²) in [6, 6.07) is 9.26. The number of ketones is 1. The summed E-state index contributed by atoms with van der Waals surface area (Å²) in [5.41, 5.74) is 1.22. The predicted octanol–water partition coefficient (Wildman–Crippen LogP) is 5.63. The maximum Gasteiger partial charge on any atom is 0.253 e.